The first kappa shape index (κ1) is 27.7. The Morgan fingerprint density at radius 3 is 2.19 bits per heavy atom. The fraction of sp³-hybridized carbons (Fsp3) is 0.552. The summed E-state index contributed by atoms with van der Waals surface area (Å²) in [6, 6.07) is 4.59. The monoisotopic (exact) mass is 440 g/mol. The molecule has 0 radical (unpaired) electrons. The highest BCUT2D eigenvalue weighted by atomic mass is 16.5. The molecule has 0 aliphatic rings. The van der Waals surface area contributed by atoms with E-state index in [0.29, 0.717) is 13.2 Å². The molecule has 3 nitrogen and oxygen atoms in total. The predicted molar refractivity (Wildman–Crippen MR) is 137 cm³/mol. The summed E-state index contributed by atoms with van der Waals surface area (Å²) in [5, 5.41) is 0. The summed E-state index contributed by atoms with van der Waals surface area (Å²) >= 11 is 0. The van der Waals surface area contributed by atoms with E-state index in [0.717, 1.165) is 35.3 Å². The number of hydrogen-bond acceptors (Lipinski definition) is 3. The number of benzene rings is 1. The first-order valence-electron chi connectivity index (χ1n) is 11.8. The third-order valence-electron chi connectivity index (χ3n) is 5.27. The van der Waals surface area contributed by atoms with Crippen molar-refractivity contribution in [2.75, 3.05) is 13.2 Å². The molecule has 1 aromatic carbocycles. The second-order valence-electron chi connectivity index (χ2n) is 10.5. The van der Waals surface area contributed by atoms with Crippen LogP contribution >= 0.6 is 0 Å². The molecule has 178 valence electrons. The van der Waals surface area contributed by atoms with Gasteiger partial charge in [0.15, 0.2) is 0 Å². The molecule has 0 aliphatic carbocycles. The highest BCUT2D eigenvalue weighted by molar-refractivity contribution is 5.83. The summed E-state index contributed by atoms with van der Waals surface area (Å²) in [6.45, 7) is 22.6. The van der Waals surface area contributed by atoms with Crippen LogP contribution in [0, 0.1) is 0 Å². The lowest BCUT2D eigenvalue weighted by Crippen LogP contribution is -2.19. The zero-order valence-electron chi connectivity index (χ0n) is 22.0. The molecule has 1 aromatic rings. The fourth-order valence-electron chi connectivity index (χ4n) is 3.24. The number of unbranched alkanes of at least 4 members (excludes halogenated alkanes) is 1. The van der Waals surface area contributed by atoms with Crippen LogP contribution in [0.1, 0.15) is 98.8 Å². The van der Waals surface area contributed by atoms with E-state index in [1.807, 2.05) is 19.1 Å². The van der Waals surface area contributed by atoms with Gasteiger partial charge < -0.3 is 9.47 Å². The molecule has 1 rings (SSSR count). The standard InChI is InChI=1S/C29H44O3/c1-11-13-17-32-27-24(19-23(28(5,6)7)20-25(27)29(8,9)10)22(4)16-14-15-21(3)18-26(30)31-12-2/h14-16,18-20H,11-13,17H2,1-10H3/b15-14+,21-18+,22-16-. The summed E-state index contributed by atoms with van der Waals surface area (Å²) in [5.41, 5.74) is 5.66. The van der Waals surface area contributed by atoms with Gasteiger partial charge in [0, 0.05) is 17.2 Å². The van der Waals surface area contributed by atoms with Crippen LogP contribution < -0.4 is 4.74 Å². The second-order valence-corrected chi connectivity index (χ2v) is 10.5. The van der Waals surface area contributed by atoms with E-state index in [-0.39, 0.29) is 16.8 Å². The molecule has 0 spiro atoms. The Labute approximate surface area is 196 Å². The zero-order valence-corrected chi connectivity index (χ0v) is 22.0. The van der Waals surface area contributed by atoms with Crippen molar-refractivity contribution in [3.63, 3.8) is 0 Å². The molecular weight excluding hydrogens is 396 g/mol. The van der Waals surface area contributed by atoms with Crippen LogP contribution in [0.4, 0.5) is 0 Å². The van der Waals surface area contributed by atoms with Crippen LogP contribution in [0.15, 0.2) is 42.0 Å². The van der Waals surface area contributed by atoms with Gasteiger partial charge in [-0.1, -0.05) is 79.2 Å². The van der Waals surface area contributed by atoms with Gasteiger partial charge in [0.2, 0.25) is 0 Å². The Balaban J connectivity index is 3.50. The van der Waals surface area contributed by atoms with Crippen LogP contribution in [0.3, 0.4) is 0 Å². The van der Waals surface area contributed by atoms with E-state index in [1.54, 1.807) is 6.92 Å². The minimum atomic E-state index is -0.311. The van der Waals surface area contributed by atoms with Crippen molar-refractivity contribution in [3.05, 3.63) is 58.7 Å². The Hall–Kier alpha value is -2.29. The molecule has 0 aliphatic heterocycles. The van der Waals surface area contributed by atoms with Crippen LogP contribution in [0.25, 0.3) is 5.57 Å². The van der Waals surface area contributed by atoms with Gasteiger partial charge in [-0.3, -0.25) is 0 Å². The number of allylic oxidation sites excluding steroid dienone is 5. The largest absolute Gasteiger partial charge is 0.493 e. The van der Waals surface area contributed by atoms with Crippen molar-refractivity contribution in [2.45, 2.75) is 92.9 Å². The molecular formula is C29H44O3. The van der Waals surface area contributed by atoms with Crippen molar-refractivity contribution < 1.29 is 14.3 Å². The van der Waals surface area contributed by atoms with Gasteiger partial charge in [-0.2, -0.15) is 0 Å². The minimum absolute atomic E-state index is 0.0335. The quantitative estimate of drug-likeness (QED) is 0.169. The van der Waals surface area contributed by atoms with Crippen LogP contribution in [0.2, 0.25) is 0 Å². The molecule has 0 saturated heterocycles. The minimum Gasteiger partial charge on any atom is -0.493 e. The maximum Gasteiger partial charge on any atom is 0.330 e. The lowest BCUT2D eigenvalue weighted by molar-refractivity contribution is -0.137. The first-order chi connectivity index (χ1) is 14.8. The lowest BCUT2D eigenvalue weighted by Gasteiger charge is -2.29. The van der Waals surface area contributed by atoms with E-state index in [2.05, 4.69) is 73.6 Å². The third-order valence-corrected chi connectivity index (χ3v) is 5.27. The highest BCUT2D eigenvalue weighted by Gasteiger charge is 2.26. The number of ether oxygens (including phenoxy) is 2. The van der Waals surface area contributed by atoms with E-state index in [4.69, 9.17) is 9.47 Å². The van der Waals surface area contributed by atoms with Gasteiger partial charge in [0.25, 0.3) is 0 Å². The molecule has 0 aromatic heterocycles. The lowest BCUT2D eigenvalue weighted by atomic mass is 9.78. The Bertz CT molecular complexity index is 856. The maximum atomic E-state index is 11.6. The number of carbonyl (C=O) groups excluding carboxylic acids is 1. The first-order valence-corrected chi connectivity index (χ1v) is 11.8. The van der Waals surface area contributed by atoms with E-state index >= 15 is 0 Å². The number of esters is 1. The summed E-state index contributed by atoms with van der Waals surface area (Å²) in [6.07, 6.45) is 9.64. The van der Waals surface area contributed by atoms with E-state index in [1.165, 1.54) is 17.2 Å². The van der Waals surface area contributed by atoms with Crippen LogP contribution in [-0.4, -0.2) is 19.2 Å². The SMILES string of the molecule is CCCCOc1c(\C(C)=C/C=C/C(C)=C/C(=O)OCC)cc(C(C)(C)C)cc1C(C)(C)C. The average molecular weight is 441 g/mol. The van der Waals surface area contributed by atoms with Gasteiger partial charge in [-0.25, -0.2) is 4.79 Å². The van der Waals surface area contributed by atoms with Gasteiger partial charge in [0.1, 0.15) is 5.75 Å². The summed E-state index contributed by atoms with van der Waals surface area (Å²) in [7, 11) is 0. The molecule has 0 N–H and O–H groups in total. The van der Waals surface area contributed by atoms with Gasteiger partial charge in [-0.15, -0.1) is 0 Å². The topological polar surface area (TPSA) is 35.5 Å². The van der Waals surface area contributed by atoms with Crippen LogP contribution in [0.5, 0.6) is 5.75 Å². The van der Waals surface area contributed by atoms with Gasteiger partial charge in [0.05, 0.1) is 13.2 Å². The molecule has 0 fully saturated rings. The predicted octanol–water partition coefficient (Wildman–Crippen LogP) is 7.93. The number of hydrogen-bond donors (Lipinski definition) is 0. The Morgan fingerprint density at radius 2 is 1.66 bits per heavy atom. The summed E-state index contributed by atoms with van der Waals surface area (Å²) < 4.78 is 11.4. The number of rotatable bonds is 9. The molecule has 3 heteroatoms. The maximum absolute atomic E-state index is 11.6. The van der Waals surface area contributed by atoms with Gasteiger partial charge in [-0.05, 0) is 60.8 Å². The molecule has 0 amide bonds. The van der Waals surface area contributed by atoms with Crippen LogP contribution in [-0.2, 0) is 20.4 Å². The second kappa shape index (κ2) is 12.1. The van der Waals surface area contributed by atoms with Crippen molar-refractivity contribution in [3.8, 4) is 5.75 Å². The molecule has 32 heavy (non-hydrogen) atoms. The smallest absolute Gasteiger partial charge is 0.330 e. The molecule has 0 heterocycles. The molecule has 0 atom stereocenters. The van der Waals surface area contributed by atoms with Gasteiger partial charge >= 0.3 is 5.97 Å². The number of carbonyl (C=O) groups is 1. The van der Waals surface area contributed by atoms with E-state index < -0.39 is 0 Å². The Kier molecular flexibility index (Phi) is 10.5. The molecule has 0 saturated carbocycles. The highest BCUT2D eigenvalue weighted by Crippen LogP contribution is 2.41. The fourth-order valence-corrected chi connectivity index (χ4v) is 3.24. The van der Waals surface area contributed by atoms with Crippen molar-refractivity contribution >= 4 is 11.5 Å². The van der Waals surface area contributed by atoms with Crippen molar-refractivity contribution in [1.82, 2.24) is 0 Å². The van der Waals surface area contributed by atoms with Crippen molar-refractivity contribution in [1.29, 1.82) is 0 Å². The zero-order chi connectivity index (χ0) is 24.5. The molecule has 0 bridgehead atoms. The summed E-state index contributed by atoms with van der Waals surface area (Å²) in [5.74, 6) is 0.676. The summed E-state index contributed by atoms with van der Waals surface area (Å²) in [4.78, 5) is 11.6. The normalized spacial score (nSPS) is 13.6. The van der Waals surface area contributed by atoms with Crippen molar-refractivity contribution in [2.24, 2.45) is 0 Å². The Morgan fingerprint density at radius 1 is 1.00 bits per heavy atom. The third kappa shape index (κ3) is 8.68. The average Bonchev–Trinajstić information content (AvgIpc) is 2.66. The van der Waals surface area contributed by atoms with E-state index in [9.17, 15) is 4.79 Å². The molecule has 0 unspecified atom stereocenters.